The molecule has 1 atom stereocenters. The van der Waals surface area contributed by atoms with Gasteiger partial charge in [-0.15, -0.1) is 0 Å². The fraction of sp³-hybridized carbons (Fsp3) is 0.316. The minimum absolute atomic E-state index is 0.198. The van der Waals surface area contributed by atoms with Crippen molar-refractivity contribution in [2.45, 2.75) is 26.4 Å². The second-order valence-electron chi connectivity index (χ2n) is 5.85. The van der Waals surface area contributed by atoms with Gasteiger partial charge in [-0.2, -0.15) is 0 Å². The lowest BCUT2D eigenvalue weighted by Crippen LogP contribution is -2.30. The van der Waals surface area contributed by atoms with E-state index in [0.29, 0.717) is 10.8 Å². The van der Waals surface area contributed by atoms with Crippen molar-refractivity contribution in [3.8, 4) is 5.75 Å². The van der Waals surface area contributed by atoms with Crippen molar-refractivity contribution < 1.29 is 9.53 Å². The number of hydrogen-bond acceptors (Lipinski definition) is 3. The molecule has 2 aromatic carbocycles. The van der Waals surface area contributed by atoms with Gasteiger partial charge in [0.1, 0.15) is 5.75 Å². The number of nitrogens with one attached hydrogen (secondary N) is 1. The molecule has 0 saturated carbocycles. The first kappa shape index (κ1) is 16.7. The van der Waals surface area contributed by atoms with Gasteiger partial charge in [0.25, 0.3) is 5.91 Å². The summed E-state index contributed by atoms with van der Waals surface area (Å²) < 4.78 is 5.66. The van der Waals surface area contributed by atoms with Crippen LogP contribution >= 0.6 is 11.6 Å². The van der Waals surface area contributed by atoms with Crippen molar-refractivity contribution in [3.63, 3.8) is 0 Å². The third-order valence-corrected chi connectivity index (χ3v) is 4.55. The summed E-state index contributed by atoms with van der Waals surface area (Å²) in [6, 6.07) is 13.2. The van der Waals surface area contributed by atoms with Crippen LogP contribution in [0.25, 0.3) is 0 Å². The van der Waals surface area contributed by atoms with E-state index in [2.05, 4.69) is 23.2 Å². The number of benzene rings is 2. The van der Waals surface area contributed by atoms with Gasteiger partial charge in [0.2, 0.25) is 0 Å². The largest absolute Gasteiger partial charge is 0.479 e. The predicted octanol–water partition coefficient (Wildman–Crippen LogP) is 4.13. The molecule has 0 aromatic heterocycles. The topological polar surface area (TPSA) is 41.6 Å². The fourth-order valence-electron chi connectivity index (χ4n) is 2.88. The smallest absolute Gasteiger partial charge is 0.265 e. The molecule has 1 unspecified atom stereocenters. The molecule has 1 aliphatic rings. The number of likely N-dealkylation sites (N-methyl/N-ethyl adjacent to an activating group) is 1. The average molecular weight is 345 g/mol. The quantitative estimate of drug-likeness (QED) is 0.886. The van der Waals surface area contributed by atoms with Crippen molar-refractivity contribution in [3.05, 3.63) is 53.1 Å². The summed E-state index contributed by atoms with van der Waals surface area (Å²) in [5.74, 6) is 0.309. The average Bonchev–Trinajstić information content (AvgIpc) is 2.99. The Morgan fingerprint density at radius 1 is 1.33 bits per heavy atom. The molecular formula is C19H21ClN2O2. The first-order chi connectivity index (χ1) is 11.6. The van der Waals surface area contributed by atoms with Gasteiger partial charge in [-0.1, -0.05) is 29.8 Å². The Morgan fingerprint density at radius 3 is 2.88 bits per heavy atom. The van der Waals surface area contributed by atoms with Crippen molar-refractivity contribution in [2.75, 3.05) is 23.3 Å². The Labute approximate surface area is 147 Å². The molecule has 0 saturated heterocycles. The molecule has 1 amide bonds. The van der Waals surface area contributed by atoms with Crippen molar-refractivity contribution in [1.82, 2.24) is 0 Å². The third-order valence-electron chi connectivity index (χ3n) is 4.24. The number of ether oxygens (including phenoxy) is 1. The second-order valence-corrected chi connectivity index (χ2v) is 6.26. The molecule has 24 heavy (non-hydrogen) atoms. The summed E-state index contributed by atoms with van der Waals surface area (Å²) in [5.41, 5.74) is 3.32. The zero-order chi connectivity index (χ0) is 17.1. The van der Waals surface area contributed by atoms with Crippen LogP contribution in [0.15, 0.2) is 42.5 Å². The van der Waals surface area contributed by atoms with Crippen LogP contribution in [0.3, 0.4) is 0 Å². The number of halogens is 1. The van der Waals surface area contributed by atoms with Gasteiger partial charge in [-0.25, -0.2) is 0 Å². The minimum atomic E-state index is -0.638. The fourth-order valence-corrected chi connectivity index (χ4v) is 3.06. The Kier molecular flexibility index (Phi) is 4.95. The monoisotopic (exact) mass is 344 g/mol. The molecule has 1 N–H and O–H groups in total. The molecule has 4 nitrogen and oxygen atoms in total. The summed E-state index contributed by atoms with van der Waals surface area (Å²) in [7, 11) is 0. The summed E-state index contributed by atoms with van der Waals surface area (Å²) >= 11 is 6.07. The van der Waals surface area contributed by atoms with E-state index in [1.165, 1.54) is 11.3 Å². The van der Waals surface area contributed by atoms with E-state index in [4.69, 9.17) is 16.3 Å². The number of carbonyl (C=O) groups excluding carboxylic acids is 1. The lowest BCUT2D eigenvalue weighted by Gasteiger charge is -2.19. The number of rotatable bonds is 5. The van der Waals surface area contributed by atoms with Crippen LogP contribution in [0.1, 0.15) is 19.4 Å². The molecule has 5 heteroatoms. The van der Waals surface area contributed by atoms with Crippen molar-refractivity contribution >= 4 is 28.9 Å². The molecule has 0 fully saturated rings. The van der Waals surface area contributed by atoms with Gasteiger partial charge in [-0.05, 0) is 50.1 Å². The molecule has 3 rings (SSSR count). The van der Waals surface area contributed by atoms with Crippen LogP contribution in [0.4, 0.5) is 11.4 Å². The number of anilines is 2. The van der Waals surface area contributed by atoms with Gasteiger partial charge in [0, 0.05) is 24.5 Å². The third kappa shape index (κ3) is 3.49. The molecular weight excluding hydrogens is 324 g/mol. The maximum absolute atomic E-state index is 12.4. The molecule has 0 radical (unpaired) electrons. The van der Waals surface area contributed by atoms with Crippen molar-refractivity contribution in [1.29, 1.82) is 0 Å². The molecule has 1 aliphatic heterocycles. The van der Waals surface area contributed by atoms with Crippen LogP contribution in [-0.2, 0) is 11.2 Å². The number of hydrogen-bond donors (Lipinski definition) is 1. The highest BCUT2D eigenvalue weighted by molar-refractivity contribution is 6.32. The molecule has 1 heterocycles. The highest BCUT2D eigenvalue weighted by Gasteiger charge is 2.20. The first-order valence-corrected chi connectivity index (χ1v) is 8.56. The van der Waals surface area contributed by atoms with E-state index >= 15 is 0 Å². The number of carbonyl (C=O) groups is 1. The van der Waals surface area contributed by atoms with Crippen LogP contribution in [0.2, 0.25) is 5.02 Å². The summed E-state index contributed by atoms with van der Waals surface area (Å²) in [4.78, 5) is 14.7. The lowest BCUT2D eigenvalue weighted by molar-refractivity contribution is -0.122. The van der Waals surface area contributed by atoms with Crippen LogP contribution in [0, 0.1) is 0 Å². The van der Waals surface area contributed by atoms with Gasteiger partial charge in [0.15, 0.2) is 6.10 Å². The van der Waals surface area contributed by atoms with Gasteiger partial charge in [0.05, 0.1) is 5.02 Å². The Balaban J connectivity index is 1.68. The van der Waals surface area contributed by atoms with E-state index in [9.17, 15) is 4.79 Å². The Hall–Kier alpha value is -2.20. The lowest BCUT2D eigenvalue weighted by atomic mass is 10.1. The molecule has 2 aromatic rings. The van der Waals surface area contributed by atoms with Crippen LogP contribution in [0.5, 0.6) is 5.75 Å². The number of amides is 1. The number of fused-ring (bicyclic) bond motifs is 1. The molecule has 0 spiro atoms. The molecule has 0 aliphatic carbocycles. The maximum Gasteiger partial charge on any atom is 0.265 e. The summed E-state index contributed by atoms with van der Waals surface area (Å²) in [5, 5.41) is 3.42. The van der Waals surface area contributed by atoms with Crippen LogP contribution in [-0.4, -0.2) is 25.1 Å². The van der Waals surface area contributed by atoms with Crippen molar-refractivity contribution in [2.24, 2.45) is 0 Å². The van der Waals surface area contributed by atoms with Gasteiger partial charge < -0.3 is 15.0 Å². The number of para-hydroxylation sites is 1. The Morgan fingerprint density at radius 2 is 2.12 bits per heavy atom. The van der Waals surface area contributed by atoms with Crippen LogP contribution < -0.4 is 15.0 Å². The van der Waals surface area contributed by atoms with E-state index in [1.54, 1.807) is 19.1 Å². The first-order valence-electron chi connectivity index (χ1n) is 8.18. The second kappa shape index (κ2) is 7.14. The van der Waals surface area contributed by atoms with E-state index in [-0.39, 0.29) is 5.91 Å². The minimum Gasteiger partial charge on any atom is -0.479 e. The SMILES string of the molecule is CCN1CCc2ccc(NC(=O)C(C)Oc3ccccc3Cl)cc21. The molecule has 0 bridgehead atoms. The van der Waals surface area contributed by atoms with Gasteiger partial charge in [-0.3, -0.25) is 4.79 Å². The normalized spacial score (nSPS) is 14.2. The highest BCUT2D eigenvalue weighted by atomic mass is 35.5. The zero-order valence-corrected chi connectivity index (χ0v) is 14.6. The standard InChI is InChI=1S/C19H21ClN2O2/c1-3-22-11-10-14-8-9-15(12-17(14)22)21-19(23)13(2)24-18-7-5-4-6-16(18)20/h4-9,12-13H,3,10-11H2,1-2H3,(H,21,23). The predicted molar refractivity (Wildman–Crippen MR) is 98.2 cm³/mol. The van der Waals surface area contributed by atoms with E-state index in [0.717, 1.165) is 25.2 Å². The zero-order valence-electron chi connectivity index (χ0n) is 13.9. The summed E-state index contributed by atoms with van der Waals surface area (Å²) in [6.45, 7) is 5.86. The molecule has 126 valence electrons. The maximum atomic E-state index is 12.4. The van der Waals surface area contributed by atoms with E-state index in [1.807, 2.05) is 24.3 Å². The number of nitrogens with zero attached hydrogens (tertiary/aromatic N) is 1. The summed E-state index contributed by atoms with van der Waals surface area (Å²) in [6.07, 6.45) is 0.420. The Bertz CT molecular complexity index is 748. The highest BCUT2D eigenvalue weighted by Crippen LogP contribution is 2.30. The van der Waals surface area contributed by atoms with Gasteiger partial charge >= 0.3 is 0 Å². The van der Waals surface area contributed by atoms with E-state index < -0.39 is 6.10 Å².